The lowest BCUT2D eigenvalue weighted by Gasteiger charge is -2.40. The van der Waals surface area contributed by atoms with E-state index in [0.29, 0.717) is 0 Å². The third kappa shape index (κ3) is 4.61. The summed E-state index contributed by atoms with van der Waals surface area (Å²) in [5, 5.41) is 3.73. The van der Waals surface area contributed by atoms with E-state index in [-0.39, 0.29) is 0 Å². The summed E-state index contributed by atoms with van der Waals surface area (Å²) in [6.07, 6.45) is 13.3. The molecule has 1 heterocycles. The zero-order valence-electron chi connectivity index (χ0n) is 13.0. The maximum atomic E-state index is 3.73. The molecule has 0 aromatic rings. The second-order valence-corrected chi connectivity index (χ2v) is 6.31. The number of nitrogens with zero attached hydrogens (tertiary/aromatic N) is 1. The Hall–Kier alpha value is -0.340. The second kappa shape index (κ2) is 8.06. The van der Waals surface area contributed by atoms with Crippen molar-refractivity contribution in [1.82, 2.24) is 10.2 Å². The van der Waals surface area contributed by atoms with Gasteiger partial charge < -0.3 is 5.32 Å². The summed E-state index contributed by atoms with van der Waals surface area (Å²) in [5.41, 5.74) is 1.73. The third-order valence-corrected chi connectivity index (χ3v) is 4.83. The quantitative estimate of drug-likeness (QED) is 0.735. The molecule has 110 valence electrons. The first-order chi connectivity index (χ1) is 9.33. The number of allylic oxidation sites excluding steroid dienone is 1. The monoisotopic (exact) mass is 264 g/mol. The molecule has 1 aliphatic heterocycles. The van der Waals surface area contributed by atoms with E-state index in [0.717, 1.165) is 12.1 Å². The normalized spacial score (nSPS) is 29.3. The van der Waals surface area contributed by atoms with Gasteiger partial charge in [-0.25, -0.2) is 0 Å². The fraction of sp³-hybridized carbons (Fsp3) is 0.882. The Kier molecular flexibility index (Phi) is 6.39. The molecule has 2 heteroatoms. The Morgan fingerprint density at radius 3 is 2.89 bits per heavy atom. The molecule has 19 heavy (non-hydrogen) atoms. The fourth-order valence-electron chi connectivity index (χ4n) is 3.57. The standard InChI is InChI=1S/C17H32N2/c1-3-8-16-14-19(17(4-2)13-18-16)12-11-15-9-6-5-7-10-15/h9,16-18H,3-8,10-14H2,1-2H3. The van der Waals surface area contributed by atoms with Crippen molar-refractivity contribution < 1.29 is 0 Å². The summed E-state index contributed by atoms with van der Waals surface area (Å²) in [6.45, 7) is 8.37. The van der Waals surface area contributed by atoms with Crippen LogP contribution in [0.4, 0.5) is 0 Å². The van der Waals surface area contributed by atoms with E-state index >= 15 is 0 Å². The van der Waals surface area contributed by atoms with E-state index < -0.39 is 0 Å². The van der Waals surface area contributed by atoms with Crippen LogP contribution in [0.2, 0.25) is 0 Å². The molecule has 2 rings (SSSR count). The minimum absolute atomic E-state index is 0.730. The smallest absolute Gasteiger partial charge is 0.0218 e. The van der Waals surface area contributed by atoms with Crippen LogP contribution in [0.1, 0.15) is 65.2 Å². The van der Waals surface area contributed by atoms with Crippen molar-refractivity contribution in [2.24, 2.45) is 0 Å². The van der Waals surface area contributed by atoms with Gasteiger partial charge >= 0.3 is 0 Å². The van der Waals surface area contributed by atoms with Gasteiger partial charge in [0.05, 0.1) is 0 Å². The summed E-state index contributed by atoms with van der Waals surface area (Å²) in [7, 11) is 0. The zero-order valence-corrected chi connectivity index (χ0v) is 13.0. The first-order valence-electron chi connectivity index (χ1n) is 8.48. The second-order valence-electron chi connectivity index (χ2n) is 6.31. The SMILES string of the molecule is CCCC1CN(CCC2=CCCCC2)C(CC)CN1. The molecule has 0 bridgehead atoms. The minimum atomic E-state index is 0.730. The molecule has 1 aliphatic carbocycles. The molecule has 2 unspecified atom stereocenters. The molecule has 0 radical (unpaired) electrons. The Morgan fingerprint density at radius 2 is 2.21 bits per heavy atom. The van der Waals surface area contributed by atoms with Crippen LogP contribution in [0.3, 0.4) is 0 Å². The van der Waals surface area contributed by atoms with Gasteiger partial charge in [0.1, 0.15) is 0 Å². The van der Waals surface area contributed by atoms with Crippen molar-refractivity contribution >= 4 is 0 Å². The summed E-state index contributed by atoms with van der Waals surface area (Å²) in [5.74, 6) is 0. The average molecular weight is 264 g/mol. The fourth-order valence-corrected chi connectivity index (χ4v) is 3.57. The number of piperazine rings is 1. The van der Waals surface area contributed by atoms with E-state index in [1.54, 1.807) is 5.57 Å². The first kappa shape index (κ1) is 15.1. The van der Waals surface area contributed by atoms with Crippen LogP contribution < -0.4 is 5.32 Å². The van der Waals surface area contributed by atoms with Crippen molar-refractivity contribution in [3.8, 4) is 0 Å². The van der Waals surface area contributed by atoms with Gasteiger partial charge in [-0.1, -0.05) is 31.9 Å². The van der Waals surface area contributed by atoms with Gasteiger partial charge in [-0.3, -0.25) is 4.90 Å². The molecule has 2 atom stereocenters. The van der Waals surface area contributed by atoms with Gasteiger partial charge in [-0.2, -0.15) is 0 Å². The van der Waals surface area contributed by atoms with Crippen LogP contribution in [0.15, 0.2) is 11.6 Å². The van der Waals surface area contributed by atoms with Crippen LogP contribution in [-0.4, -0.2) is 36.6 Å². The van der Waals surface area contributed by atoms with Crippen molar-refractivity contribution in [2.75, 3.05) is 19.6 Å². The van der Waals surface area contributed by atoms with Gasteiger partial charge in [0, 0.05) is 31.7 Å². The molecule has 0 aromatic carbocycles. The Balaban J connectivity index is 1.81. The maximum Gasteiger partial charge on any atom is 0.0218 e. The molecular formula is C17H32N2. The minimum Gasteiger partial charge on any atom is -0.311 e. The number of hydrogen-bond donors (Lipinski definition) is 1. The van der Waals surface area contributed by atoms with E-state index in [4.69, 9.17) is 0 Å². The molecule has 1 saturated heterocycles. The molecular weight excluding hydrogens is 232 g/mol. The molecule has 1 fully saturated rings. The van der Waals surface area contributed by atoms with Crippen molar-refractivity contribution in [3.05, 3.63) is 11.6 Å². The first-order valence-corrected chi connectivity index (χ1v) is 8.48. The van der Waals surface area contributed by atoms with Crippen LogP contribution in [-0.2, 0) is 0 Å². The van der Waals surface area contributed by atoms with Gasteiger partial charge in [-0.05, 0) is 44.9 Å². The topological polar surface area (TPSA) is 15.3 Å². The number of rotatable bonds is 6. The predicted molar refractivity (Wildman–Crippen MR) is 83.5 cm³/mol. The van der Waals surface area contributed by atoms with Crippen molar-refractivity contribution in [1.29, 1.82) is 0 Å². The highest BCUT2D eigenvalue weighted by atomic mass is 15.2. The highest BCUT2D eigenvalue weighted by Gasteiger charge is 2.25. The van der Waals surface area contributed by atoms with E-state index in [2.05, 4.69) is 30.1 Å². The van der Waals surface area contributed by atoms with Crippen LogP contribution in [0.25, 0.3) is 0 Å². The largest absolute Gasteiger partial charge is 0.311 e. The molecule has 0 aromatic heterocycles. The molecule has 2 nitrogen and oxygen atoms in total. The van der Waals surface area contributed by atoms with Crippen LogP contribution in [0, 0.1) is 0 Å². The van der Waals surface area contributed by atoms with Gasteiger partial charge in [-0.15, -0.1) is 0 Å². The third-order valence-electron chi connectivity index (χ3n) is 4.83. The molecule has 0 saturated carbocycles. The van der Waals surface area contributed by atoms with E-state index in [9.17, 15) is 0 Å². The Bertz CT molecular complexity index is 285. The lowest BCUT2D eigenvalue weighted by molar-refractivity contribution is 0.124. The van der Waals surface area contributed by atoms with Gasteiger partial charge in [0.15, 0.2) is 0 Å². The summed E-state index contributed by atoms with van der Waals surface area (Å²) < 4.78 is 0. The number of nitrogens with one attached hydrogen (secondary N) is 1. The van der Waals surface area contributed by atoms with Crippen LogP contribution >= 0.6 is 0 Å². The van der Waals surface area contributed by atoms with Gasteiger partial charge in [0.2, 0.25) is 0 Å². The highest BCUT2D eigenvalue weighted by molar-refractivity contribution is 5.05. The summed E-state index contributed by atoms with van der Waals surface area (Å²) in [6, 6.07) is 1.49. The molecule has 2 aliphatic rings. The van der Waals surface area contributed by atoms with E-state index in [1.165, 1.54) is 71.0 Å². The summed E-state index contributed by atoms with van der Waals surface area (Å²) >= 11 is 0. The van der Waals surface area contributed by atoms with Gasteiger partial charge in [0.25, 0.3) is 0 Å². The molecule has 1 N–H and O–H groups in total. The highest BCUT2D eigenvalue weighted by Crippen LogP contribution is 2.22. The van der Waals surface area contributed by atoms with E-state index in [1.807, 2.05) is 0 Å². The maximum absolute atomic E-state index is 3.73. The lowest BCUT2D eigenvalue weighted by atomic mass is 9.96. The van der Waals surface area contributed by atoms with Crippen molar-refractivity contribution in [2.45, 2.75) is 77.3 Å². The number of hydrogen-bond acceptors (Lipinski definition) is 2. The van der Waals surface area contributed by atoms with Crippen LogP contribution in [0.5, 0.6) is 0 Å². The Labute approximate surface area is 119 Å². The van der Waals surface area contributed by atoms with Crippen molar-refractivity contribution in [3.63, 3.8) is 0 Å². The summed E-state index contributed by atoms with van der Waals surface area (Å²) in [4.78, 5) is 2.76. The average Bonchev–Trinajstić information content (AvgIpc) is 2.47. The Morgan fingerprint density at radius 1 is 1.32 bits per heavy atom. The zero-order chi connectivity index (χ0) is 13.5. The molecule has 0 amide bonds. The lowest BCUT2D eigenvalue weighted by Crippen LogP contribution is -2.56. The molecule has 0 spiro atoms. The predicted octanol–water partition coefficient (Wildman–Crippen LogP) is 3.73.